The number of aromatic nitrogens is 3. The zero-order chi connectivity index (χ0) is 18.7. The monoisotopic (exact) mass is 490 g/mol. The number of rotatable bonds is 8. The van der Waals surface area contributed by atoms with E-state index < -0.39 is 0 Å². The molecule has 0 bridgehead atoms. The van der Waals surface area contributed by atoms with E-state index in [1.54, 1.807) is 12.7 Å². The van der Waals surface area contributed by atoms with Gasteiger partial charge in [-0.1, -0.05) is 54.6 Å². The van der Waals surface area contributed by atoms with Crippen LogP contribution >= 0.6 is 24.0 Å². The summed E-state index contributed by atoms with van der Waals surface area (Å²) in [6.45, 7) is 5.11. The summed E-state index contributed by atoms with van der Waals surface area (Å²) in [5.41, 5.74) is 3.68. The van der Waals surface area contributed by atoms with Crippen LogP contribution in [0, 0.1) is 0 Å². The molecule has 0 amide bonds. The van der Waals surface area contributed by atoms with Crippen molar-refractivity contribution in [2.24, 2.45) is 4.99 Å². The van der Waals surface area contributed by atoms with Gasteiger partial charge in [0.15, 0.2) is 5.96 Å². The fraction of sp³-hybridized carbons (Fsp3) is 0.286. The first-order valence-electron chi connectivity index (χ1n) is 9.30. The van der Waals surface area contributed by atoms with Crippen LogP contribution in [0.15, 0.2) is 72.2 Å². The normalized spacial score (nSPS) is 11.0. The molecule has 1 aromatic heterocycles. The van der Waals surface area contributed by atoms with Gasteiger partial charge in [0.25, 0.3) is 0 Å². The Kier molecular flexibility index (Phi) is 9.47. The van der Waals surface area contributed by atoms with E-state index in [1.165, 1.54) is 16.7 Å². The van der Waals surface area contributed by atoms with Crippen molar-refractivity contribution in [1.82, 2.24) is 25.4 Å². The van der Waals surface area contributed by atoms with Crippen LogP contribution in [0.2, 0.25) is 0 Å². The zero-order valence-electron chi connectivity index (χ0n) is 16.1. The molecule has 6 nitrogen and oxygen atoms in total. The van der Waals surface area contributed by atoms with Crippen molar-refractivity contribution in [1.29, 1.82) is 0 Å². The molecule has 0 fully saturated rings. The van der Waals surface area contributed by atoms with Gasteiger partial charge in [0.05, 0.1) is 13.1 Å². The molecule has 0 atom stereocenters. The highest BCUT2D eigenvalue weighted by Crippen LogP contribution is 2.08. The maximum absolute atomic E-state index is 4.71. The summed E-state index contributed by atoms with van der Waals surface area (Å²) in [7, 11) is 0. The van der Waals surface area contributed by atoms with Crippen molar-refractivity contribution in [2.45, 2.75) is 26.4 Å². The predicted octanol–water partition coefficient (Wildman–Crippen LogP) is 3.24. The van der Waals surface area contributed by atoms with Crippen LogP contribution in [0.4, 0.5) is 0 Å². The first-order valence-corrected chi connectivity index (χ1v) is 9.30. The molecular weight excluding hydrogens is 463 g/mol. The van der Waals surface area contributed by atoms with Gasteiger partial charge in [0.1, 0.15) is 12.7 Å². The van der Waals surface area contributed by atoms with Crippen LogP contribution < -0.4 is 10.6 Å². The Morgan fingerprint density at radius 3 is 2.54 bits per heavy atom. The quantitative estimate of drug-likeness (QED) is 0.289. The highest BCUT2D eigenvalue weighted by atomic mass is 127. The van der Waals surface area contributed by atoms with Crippen molar-refractivity contribution in [3.63, 3.8) is 0 Å². The van der Waals surface area contributed by atoms with Crippen molar-refractivity contribution in [3.8, 4) is 0 Å². The molecule has 0 aliphatic carbocycles. The minimum atomic E-state index is 0. The van der Waals surface area contributed by atoms with E-state index >= 15 is 0 Å². The Hall–Kier alpha value is -2.42. The number of aliphatic imine (C=N–C) groups is 1. The second kappa shape index (κ2) is 12.1. The molecule has 0 saturated heterocycles. The van der Waals surface area contributed by atoms with Gasteiger partial charge in [0, 0.05) is 13.1 Å². The van der Waals surface area contributed by atoms with Crippen LogP contribution in [-0.2, 0) is 19.5 Å². The molecule has 0 unspecified atom stereocenters. The average Bonchev–Trinajstić information content (AvgIpc) is 3.20. The third kappa shape index (κ3) is 7.30. The topological polar surface area (TPSA) is 67.1 Å². The van der Waals surface area contributed by atoms with E-state index in [9.17, 15) is 0 Å². The van der Waals surface area contributed by atoms with Gasteiger partial charge in [0.2, 0.25) is 0 Å². The minimum Gasteiger partial charge on any atom is -0.357 e. The molecule has 0 radical (unpaired) electrons. The van der Waals surface area contributed by atoms with Crippen LogP contribution in [0.3, 0.4) is 0 Å². The van der Waals surface area contributed by atoms with E-state index in [-0.39, 0.29) is 24.0 Å². The molecule has 3 aromatic rings. The summed E-state index contributed by atoms with van der Waals surface area (Å²) in [6, 6.07) is 18.9. The molecule has 7 heteroatoms. The maximum Gasteiger partial charge on any atom is 0.191 e. The minimum absolute atomic E-state index is 0. The summed E-state index contributed by atoms with van der Waals surface area (Å²) in [5, 5.41) is 10.9. The lowest BCUT2D eigenvalue weighted by atomic mass is 10.1. The highest BCUT2D eigenvalue weighted by molar-refractivity contribution is 14.0. The summed E-state index contributed by atoms with van der Waals surface area (Å²) >= 11 is 0. The molecule has 2 N–H and O–H groups in total. The number of nitrogens with one attached hydrogen (secondary N) is 2. The largest absolute Gasteiger partial charge is 0.357 e. The van der Waals surface area contributed by atoms with E-state index in [0.29, 0.717) is 13.1 Å². The Labute approximate surface area is 183 Å². The van der Waals surface area contributed by atoms with Gasteiger partial charge in [-0.3, -0.25) is 0 Å². The van der Waals surface area contributed by atoms with Crippen LogP contribution in [0.5, 0.6) is 0 Å². The van der Waals surface area contributed by atoms with E-state index in [4.69, 9.17) is 4.99 Å². The molecule has 3 rings (SSSR count). The van der Waals surface area contributed by atoms with Crippen LogP contribution in [0.1, 0.15) is 23.6 Å². The molecule has 28 heavy (non-hydrogen) atoms. The second-order valence-electron chi connectivity index (χ2n) is 6.27. The summed E-state index contributed by atoms with van der Waals surface area (Å²) in [4.78, 5) is 8.70. The Bertz CT molecular complexity index is 833. The zero-order valence-corrected chi connectivity index (χ0v) is 18.4. The SMILES string of the molecule is CCNC(=NCc1cccc(Cn2cncn2)c1)NCCc1ccccc1.I. The highest BCUT2D eigenvalue weighted by Gasteiger charge is 2.01. The number of hydrogen-bond acceptors (Lipinski definition) is 3. The third-order valence-electron chi connectivity index (χ3n) is 4.12. The number of halogens is 1. The molecule has 0 spiro atoms. The third-order valence-corrected chi connectivity index (χ3v) is 4.12. The Balaban J connectivity index is 0.00000280. The van der Waals surface area contributed by atoms with Gasteiger partial charge < -0.3 is 10.6 Å². The standard InChI is InChI=1S/C21H26N6.HI/c1-2-23-21(24-12-11-18-7-4-3-5-8-18)25-14-19-9-6-10-20(13-19)15-27-17-22-16-26-27;/h3-10,13,16-17H,2,11-12,14-15H2,1H3,(H2,23,24,25);1H. The molecule has 1 heterocycles. The summed E-state index contributed by atoms with van der Waals surface area (Å²) in [5.74, 6) is 0.843. The van der Waals surface area contributed by atoms with Gasteiger partial charge in [-0.05, 0) is 30.0 Å². The number of nitrogens with zero attached hydrogens (tertiary/aromatic N) is 4. The lowest BCUT2D eigenvalue weighted by Gasteiger charge is -2.11. The lowest BCUT2D eigenvalue weighted by molar-refractivity contribution is 0.684. The first-order chi connectivity index (χ1) is 13.3. The molecular formula is C21H27IN6. The number of guanidine groups is 1. The Morgan fingerprint density at radius 2 is 1.79 bits per heavy atom. The van der Waals surface area contributed by atoms with Gasteiger partial charge in [-0.25, -0.2) is 14.7 Å². The van der Waals surface area contributed by atoms with Gasteiger partial charge in [-0.15, -0.1) is 24.0 Å². The molecule has 0 aliphatic rings. The smallest absolute Gasteiger partial charge is 0.191 e. The van der Waals surface area contributed by atoms with E-state index in [2.05, 4.69) is 76.2 Å². The maximum atomic E-state index is 4.71. The molecule has 148 valence electrons. The number of benzene rings is 2. The van der Waals surface area contributed by atoms with Crippen molar-refractivity contribution < 1.29 is 0 Å². The lowest BCUT2D eigenvalue weighted by Crippen LogP contribution is -2.38. The van der Waals surface area contributed by atoms with Crippen molar-refractivity contribution in [2.75, 3.05) is 13.1 Å². The predicted molar refractivity (Wildman–Crippen MR) is 124 cm³/mol. The second-order valence-corrected chi connectivity index (χ2v) is 6.27. The van der Waals surface area contributed by atoms with Crippen LogP contribution in [0.25, 0.3) is 0 Å². The van der Waals surface area contributed by atoms with Gasteiger partial charge in [-0.2, -0.15) is 5.10 Å². The fourth-order valence-electron chi connectivity index (χ4n) is 2.81. The number of hydrogen-bond donors (Lipinski definition) is 2. The van der Waals surface area contributed by atoms with Crippen LogP contribution in [-0.4, -0.2) is 33.8 Å². The molecule has 0 aliphatic heterocycles. The van der Waals surface area contributed by atoms with Crippen molar-refractivity contribution >= 4 is 29.9 Å². The molecule has 2 aromatic carbocycles. The fourth-order valence-corrected chi connectivity index (χ4v) is 2.81. The Morgan fingerprint density at radius 1 is 1.00 bits per heavy atom. The molecule has 0 saturated carbocycles. The van der Waals surface area contributed by atoms with Crippen molar-refractivity contribution in [3.05, 3.63) is 83.9 Å². The van der Waals surface area contributed by atoms with E-state index in [0.717, 1.165) is 25.5 Å². The van der Waals surface area contributed by atoms with Gasteiger partial charge >= 0.3 is 0 Å². The first kappa shape index (κ1) is 21.9. The summed E-state index contributed by atoms with van der Waals surface area (Å²) < 4.78 is 1.82. The average molecular weight is 490 g/mol. The summed E-state index contributed by atoms with van der Waals surface area (Å²) in [6.07, 6.45) is 4.25. The van der Waals surface area contributed by atoms with E-state index in [1.807, 2.05) is 10.7 Å².